The first-order valence-corrected chi connectivity index (χ1v) is 18.4. The van der Waals surface area contributed by atoms with E-state index in [-0.39, 0.29) is 35.8 Å². The van der Waals surface area contributed by atoms with Crippen molar-refractivity contribution in [2.24, 2.45) is 0 Å². The van der Waals surface area contributed by atoms with Gasteiger partial charge in [0.05, 0.1) is 16.9 Å². The second kappa shape index (κ2) is 16.1. The largest absolute Gasteiger partial charge is 0.444 e. The fourth-order valence-electron chi connectivity index (χ4n) is 6.24. The molecule has 3 heterocycles. The topological polar surface area (TPSA) is 171 Å². The zero-order chi connectivity index (χ0) is 34.2. The van der Waals surface area contributed by atoms with E-state index in [4.69, 9.17) is 4.74 Å². The van der Waals surface area contributed by atoms with Crippen molar-refractivity contribution in [3.63, 3.8) is 0 Å². The smallest absolute Gasteiger partial charge is 0.407 e. The van der Waals surface area contributed by atoms with E-state index in [0.717, 1.165) is 49.8 Å². The van der Waals surface area contributed by atoms with E-state index in [2.05, 4.69) is 16.0 Å². The highest BCUT2D eigenvalue weighted by Gasteiger charge is 2.45. The fraction of sp³-hybridized carbons (Fsp3) is 0.667. The first kappa shape index (κ1) is 36.3. The minimum atomic E-state index is -3.31. The number of hydrogen-bond acceptors (Lipinski definition) is 9. The van der Waals surface area contributed by atoms with Crippen LogP contribution in [0.25, 0.3) is 0 Å². The molecule has 0 aliphatic carbocycles. The summed E-state index contributed by atoms with van der Waals surface area (Å²) in [6.45, 7) is 6.85. The molecular weight excluding hydrogens is 626 g/mol. The van der Waals surface area contributed by atoms with Crippen molar-refractivity contribution >= 4 is 45.4 Å². The van der Waals surface area contributed by atoms with Gasteiger partial charge in [-0.25, -0.2) is 17.5 Å². The third-order valence-electron chi connectivity index (χ3n) is 8.68. The van der Waals surface area contributed by atoms with Gasteiger partial charge in [-0.1, -0.05) is 44.6 Å². The molecule has 5 amide bonds. The number of unbranched alkanes of at least 4 members (excludes halogenated alkanes) is 7. The number of nitrogens with zero attached hydrogens (tertiary/aromatic N) is 2. The van der Waals surface area contributed by atoms with Gasteiger partial charge in [0.1, 0.15) is 11.6 Å². The van der Waals surface area contributed by atoms with Gasteiger partial charge < -0.3 is 15.4 Å². The molecule has 2 saturated heterocycles. The first-order chi connectivity index (χ1) is 22.3. The van der Waals surface area contributed by atoms with Crippen LogP contribution in [-0.2, 0) is 24.3 Å². The fourth-order valence-corrected chi connectivity index (χ4v) is 7.83. The Morgan fingerprint density at radius 2 is 1.55 bits per heavy atom. The maximum absolute atomic E-state index is 13.2. The van der Waals surface area contributed by atoms with Crippen LogP contribution < -0.4 is 16.0 Å². The van der Waals surface area contributed by atoms with Gasteiger partial charge in [0.2, 0.25) is 21.8 Å². The third-order valence-corrected chi connectivity index (χ3v) is 10.6. The molecule has 1 unspecified atom stereocenters. The molecule has 3 aliphatic rings. The molecule has 14 heteroatoms. The average Bonchev–Trinajstić information content (AvgIpc) is 3.25. The number of alkyl carbamates (subject to hydrolysis) is 1. The molecule has 0 bridgehead atoms. The van der Waals surface area contributed by atoms with Gasteiger partial charge >= 0.3 is 6.09 Å². The van der Waals surface area contributed by atoms with Gasteiger partial charge in [-0.05, 0) is 65.0 Å². The first-order valence-electron chi connectivity index (χ1n) is 16.8. The number of nitrogens with one attached hydrogen (secondary N) is 3. The van der Waals surface area contributed by atoms with Crippen LogP contribution >= 0.6 is 0 Å². The van der Waals surface area contributed by atoms with Crippen molar-refractivity contribution in [3.05, 3.63) is 29.3 Å². The molecule has 3 N–H and O–H groups in total. The van der Waals surface area contributed by atoms with Gasteiger partial charge in [0, 0.05) is 37.8 Å². The van der Waals surface area contributed by atoms with E-state index in [1.807, 2.05) is 0 Å². The SMILES string of the molecule is CC(C)(C)OC(=O)NC1CCN(S(=O)(=O)CCCCCCCCCCNc2cccc3c2C(=O)N(C2CCC(=O)NC2=O)C3=O)CC1. The van der Waals surface area contributed by atoms with Crippen molar-refractivity contribution in [2.75, 3.05) is 30.7 Å². The number of sulfonamides is 1. The predicted octanol–water partition coefficient (Wildman–Crippen LogP) is 3.94. The van der Waals surface area contributed by atoms with Crippen LogP contribution in [0.1, 0.15) is 119 Å². The van der Waals surface area contributed by atoms with Gasteiger partial charge in [-0.2, -0.15) is 0 Å². The standard InChI is InChI=1S/C33H49N5O8S/c1-33(2,3)46-32(43)35-23-17-20-37(21-18-23)47(44,45)22-11-9-7-5-4-6-8-10-19-34-25-14-12-13-24-28(25)31(42)38(30(24)41)26-15-16-27(39)36-29(26)40/h12-14,23,26,34H,4-11,15-22H2,1-3H3,(H,35,43)(H,36,39,40). The zero-order valence-electron chi connectivity index (χ0n) is 27.8. The van der Waals surface area contributed by atoms with E-state index in [1.165, 1.54) is 0 Å². The summed E-state index contributed by atoms with van der Waals surface area (Å²) in [5, 5.41) is 8.33. The molecule has 13 nitrogen and oxygen atoms in total. The van der Waals surface area contributed by atoms with E-state index in [1.54, 1.807) is 43.3 Å². The number of rotatable bonds is 15. The van der Waals surface area contributed by atoms with Gasteiger partial charge in [0.15, 0.2) is 0 Å². The second-order valence-electron chi connectivity index (χ2n) is 13.6. The minimum Gasteiger partial charge on any atom is -0.444 e. The monoisotopic (exact) mass is 675 g/mol. The zero-order valence-corrected chi connectivity index (χ0v) is 28.6. The number of hydrogen-bond donors (Lipinski definition) is 3. The lowest BCUT2D eigenvalue weighted by molar-refractivity contribution is -0.136. The Hall–Kier alpha value is -3.52. The van der Waals surface area contributed by atoms with Gasteiger partial charge in [-0.15, -0.1) is 0 Å². The van der Waals surface area contributed by atoms with Gasteiger partial charge in [-0.3, -0.25) is 29.4 Å². The number of fused-ring (bicyclic) bond motifs is 1. The molecule has 3 aliphatic heterocycles. The van der Waals surface area contributed by atoms with Crippen molar-refractivity contribution in [3.8, 4) is 0 Å². The Labute approximate surface area is 277 Å². The molecule has 1 aromatic rings. The van der Waals surface area contributed by atoms with E-state index >= 15 is 0 Å². The van der Waals surface area contributed by atoms with Crippen LogP contribution in [0.3, 0.4) is 0 Å². The van der Waals surface area contributed by atoms with Crippen molar-refractivity contribution in [2.45, 2.75) is 116 Å². The molecule has 0 aromatic heterocycles. The molecule has 260 valence electrons. The third kappa shape index (κ3) is 9.99. The number of imide groups is 2. The lowest BCUT2D eigenvalue weighted by atomic mass is 10.0. The Morgan fingerprint density at radius 1 is 0.915 bits per heavy atom. The van der Waals surface area contributed by atoms with Crippen LogP contribution in [0.5, 0.6) is 0 Å². The summed E-state index contributed by atoms with van der Waals surface area (Å²) in [5.41, 5.74) is 0.516. The summed E-state index contributed by atoms with van der Waals surface area (Å²) >= 11 is 0. The Bertz CT molecular complexity index is 1430. The lowest BCUT2D eigenvalue weighted by Crippen LogP contribution is -2.54. The Morgan fingerprint density at radius 3 is 2.19 bits per heavy atom. The normalized spacial score (nSPS) is 19.5. The molecule has 0 spiro atoms. The predicted molar refractivity (Wildman–Crippen MR) is 176 cm³/mol. The molecule has 0 radical (unpaired) electrons. The number of anilines is 1. The molecule has 1 aromatic carbocycles. The summed E-state index contributed by atoms with van der Waals surface area (Å²) in [7, 11) is -3.31. The molecule has 4 rings (SSSR count). The summed E-state index contributed by atoms with van der Waals surface area (Å²) in [4.78, 5) is 63.0. The Kier molecular flexibility index (Phi) is 12.4. The number of piperidine rings is 2. The van der Waals surface area contributed by atoms with Gasteiger partial charge in [0.25, 0.3) is 11.8 Å². The van der Waals surface area contributed by atoms with Crippen LogP contribution in [0, 0.1) is 0 Å². The van der Waals surface area contributed by atoms with Crippen LogP contribution in [-0.4, -0.2) is 90.4 Å². The highest BCUT2D eigenvalue weighted by molar-refractivity contribution is 7.89. The molecule has 1 atom stereocenters. The molecule has 47 heavy (non-hydrogen) atoms. The summed E-state index contributed by atoms with van der Waals surface area (Å²) < 4.78 is 32.4. The highest BCUT2D eigenvalue weighted by atomic mass is 32.2. The van der Waals surface area contributed by atoms with Crippen molar-refractivity contribution < 1.29 is 37.1 Å². The highest BCUT2D eigenvalue weighted by Crippen LogP contribution is 2.32. The van der Waals surface area contributed by atoms with Crippen LogP contribution in [0.4, 0.5) is 10.5 Å². The second-order valence-corrected chi connectivity index (χ2v) is 15.7. The number of ether oxygens (including phenoxy) is 1. The number of carbonyl (C=O) groups excluding carboxylic acids is 5. The number of benzene rings is 1. The Balaban J connectivity index is 1.06. The van der Waals surface area contributed by atoms with Crippen LogP contribution in [0.15, 0.2) is 18.2 Å². The minimum absolute atomic E-state index is 0.0785. The summed E-state index contributed by atoms with van der Waals surface area (Å²) in [5.74, 6) is -1.93. The maximum Gasteiger partial charge on any atom is 0.407 e. The van der Waals surface area contributed by atoms with Crippen molar-refractivity contribution in [1.82, 2.24) is 19.8 Å². The lowest BCUT2D eigenvalue weighted by Gasteiger charge is -2.32. The quantitative estimate of drug-likeness (QED) is 0.184. The van der Waals surface area contributed by atoms with Crippen molar-refractivity contribution in [1.29, 1.82) is 0 Å². The maximum atomic E-state index is 13.2. The summed E-state index contributed by atoms with van der Waals surface area (Å²) in [6.07, 6.45) is 8.35. The molecular formula is C33H49N5O8S. The number of carbonyl (C=O) groups is 5. The average molecular weight is 676 g/mol. The number of amides is 5. The van der Waals surface area contributed by atoms with Crippen LogP contribution in [0.2, 0.25) is 0 Å². The summed E-state index contributed by atoms with van der Waals surface area (Å²) in [6, 6.07) is 3.97. The molecule has 0 saturated carbocycles. The molecule has 2 fully saturated rings. The van der Waals surface area contributed by atoms with E-state index in [9.17, 15) is 32.4 Å². The van der Waals surface area contributed by atoms with E-state index in [0.29, 0.717) is 44.6 Å². The van der Waals surface area contributed by atoms with E-state index < -0.39 is 51.4 Å².